The van der Waals surface area contributed by atoms with E-state index >= 15 is 0 Å². The van der Waals surface area contributed by atoms with Crippen molar-refractivity contribution in [2.75, 3.05) is 4.90 Å². The van der Waals surface area contributed by atoms with Gasteiger partial charge in [0, 0.05) is 55.2 Å². The first-order valence-corrected chi connectivity index (χ1v) is 19.6. The molecule has 0 N–H and O–H groups in total. The largest absolute Gasteiger partial charge is 0.434 e. The summed E-state index contributed by atoms with van der Waals surface area (Å²) in [6.45, 7) is 0. The molecule has 3 heterocycles. The predicted octanol–water partition coefficient (Wildman–Crippen LogP) is 14.3. The van der Waals surface area contributed by atoms with E-state index in [2.05, 4.69) is 184 Å². The van der Waals surface area contributed by atoms with Crippen molar-refractivity contribution in [3.8, 4) is 22.8 Å². The first kappa shape index (κ1) is 32.4. The Balaban J connectivity index is 1.17. The molecule has 0 spiro atoms. The number of aromatic nitrogens is 3. The fourth-order valence-electron chi connectivity index (χ4n) is 8.95. The Hall–Kier alpha value is -7.89. The Morgan fingerprint density at radius 3 is 1.72 bits per heavy atom. The minimum absolute atomic E-state index is 0.592. The minimum Gasteiger partial charge on any atom is -0.434 e. The monoisotopic (exact) mass is 742 g/mol. The highest BCUT2D eigenvalue weighted by Crippen LogP contribution is 2.45. The van der Waals surface area contributed by atoms with Crippen molar-refractivity contribution >= 4 is 82.5 Å². The molecule has 272 valence electrons. The topological polar surface area (TPSA) is 39.1 Å². The lowest BCUT2D eigenvalue weighted by Gasteiger charge is -2.26. The van der Waals surface area contributed by atoms with Crippen LogP contribution in [0.4, 0.5) is 17.1 Å². The summed E-state index contributed by atoms with van der Waals surface area (Å²) in [6.07, 6.45) is 0. The molecule has 3 aromatic heterocycles. The van der Waals surface area contributed by atoms with Crippen molar-refractivity contribution in [1.29, 1.82) is 0 Å². The number of anilines is 3. The van der Waals surface area contributed by atoms with E-state index in [9.17, 15) is 0 Å². The van der Waals surface area contributed by atoms with E-state index in [4.69, 9.17) is 9.40 Å². The first-order valence-electron chi connectivity index (χ1n) is 19.6. The highest BCUT2D eigenvalue weighted by molar-refractivity contribution is 6.19. The average molecular weight is 743 g/mol. The number of para-hydroxylation sites is 4. The Labute approximate surface area is 333 Å². The number of benzene rings is 9. The van der Waals surface area contributed by atoms with Crippen LogP contribution in [0.5, 0.6) is 0 Å². The minimum atomic E-state index is 0.592. The normalized spacial score (nSPS) is 11.8. The summed E-state index contributed by atoms with van der Waals surface area (Å²) in [5.74, 6) is 0.592. The fraction of sp³-hybridized carbons (Fsp3) is 0. The number of hydrogen-bond acceptors (Lipinski definition) is 3. The Bertz CT molecular complexity index is 3510. The Morgan fingerprint density at radius 2 is 0.983 bits per heavy atom. The second kappa shape index (κ2) is 12.8. The maximum absolute atomic E-state index is 6.75. The summed E-state index contributed by atoms with van der Waals surface area (Å²) in [5, 5.41) is 7.25. The van der Waals surface area contributed by atoms with Gasteiger partial charge >= 0.3 is 0 Å². The summed E-state index contributed by atoms with van der Waals surface area (Å²) >= 11 is 0. The van der Waals surface area contributed by atoms with Crippen molar-refractivity contribution in [1.82, 2.24) is 14.1 Å². The summed E-state index contributed by atoms with van der Waals surface area (Å²) < 4.78 is 11.5. The Morgan fingerprint density at radius 1 is 0.414 bits per heavy atom. The van der Waals surface area contributed by atoms with Gasteiger partial charge in [-0.15, -0.1) is 0 Å². The van der Waals surface area contributed by atoms with Crippen LogP contribution in [0.15, 0.2) is 211 Å². The molecule has 0 atom stereocenters. The molecule has 5 nitrogen and oxygen atoms in total. The molecule has 0 aliphatic heterocycles. The van der Waals surface area contributed by atoms with E-state index in [0.29, 0.717) is 5.89 Å². The summed E-state index contributed by atoms with van der Waals surface area (Å²) in [4.78, 5) is 7.34. The lowest BCUT2D eigenvalue weighted by Crippen LogP contribution is -2.10. The smallest absolute Gasteiger partial charge is 0.227 e. The lowest BCUT2D eigenvalue weighted by molar-refractivity contribution is 0.620. The fourth-order valence-corrected chi connectivity index (χ4v) is 8.95. The lowest BCUT2D eigenvalue weighted by atomic mass is 10.1. The molecule has 0 bridgehead atoms. The predicted molar refractivity (Wildman–Crippen MR) is 240 cm³/mol. The number of nitrogens with zero attached hydrogens (tertiary/aromatic N) is 4. The third-order valence-electron chi connectivity index (χ3n) is 11.5. The third-order valence-corrected chi connectivity index (χ3v) is 11.5. The summed E-state index contributed by atoms with van der Waals surface area (Å²) in [5.41, 5.74) is 12.2. The van der Waals surface area contributed by atoms with Gasteiger partial charge in [0.2, 0.25) is 5.89 Å². The van der Waals surface area contributed by atoms with Crippen LogP contribution < -0.4 is 4.90 Å². The molecule has 0 saturated carbocycles. The maximum Gasteiger partial charge on any atom is 0.227 e. The van der Waals surface area contributed by atoms with Crippen LogP contribution in [0.2, 0.25) is 0 Å². The van der Waals surface area contributed by atoms with Crippen LogP contribution in [-0.4, -0.2) is 14.1 Å². The molecular formula is C53H34N4O. The third kappa shape index (κ3) is 4.93. The molecule has 0 fully saturated rings. The molecular weight excluding hydrogens is 709 g/mol. The van der Waals surface area contributed by atoms with Crippen molar-refractivity contribution in [3.05, 3.63) is 206 Å². The molecule has 12 aromatic rings. The van der Waals surface area contributed by atoms with Crippen LogP contribution >= 0.6 is 0 Å². The second-order valence-electron chi connectivity index (χ2n) is 14.8. The quantitative estimate of drug-likeness (QED) is 0.170. The van der Waals surface area contributed by atoms with E-state index in [1.54, 1.807) is 0 Å². The molecule has 0 saturated heterocycles. The summed E-state index contributed by atoms with van der Waals surface area (Å²) in [7, 11) is 0. The number of rotatable bonds is 6. The van der Waals surface area contributed by atoms with Crippen LogP contribution in [0.25, 0.3) is 88.3 Å². The molecule has 12 rings (SSSR count). The molecule has 0 aliphatic carbocycles. The van der Waals surface area contributed by atoms with Crippen molar-refractivity contribution in [3.63, 3.8) is 0 Å². The van der Waals surface area contributed by atoms with Crippen LogP contribution in [0.1, 0.15) is 0 Å². The average Bonchev–Trinajstić information content (AvgIpc) is 3.98. The van der Waals surface area contributed by atoms with Gasteiger partial charge in [-0.3, -0.25) is 0 Å². The van der Waals surface area contributed by atoms with Gasteiger partial charge in [-0.1, -0.05) is 127 Å². The molecule has 0 aliphatic rings. The van der Waals surface area contributed by atoms with Crippen LogP contribution in [0.3, 0.4) is 0 Å². The van der Waals surface area contributed by atoms with Gasteiger partial charge in [0.1, 0.15) is 5.52 Å². The first-order chi connectivity index (χ1) is 28.8. The number of oxazole rings is 1. The molecule has 0 radical (unpaired) electrons. The van der Waals surface area contributed by atoms with Gasteiger partial charge in [-0.2, -0.15) is 0 Å². The van der Waals surface area contributed by atoms with Gasteiger partial charge < -0.3 is 18.5 Å². The van der Waals surface area contributed by atoms with Gasteiger partial charge in [0.05, 0.1) is 27.8 Å². The summed E-state index contributed by atoms with van der Waals surface area (Å²) in [6, 6.07) is 73.2. The van der Waals surface area contributed by atoms with E-state index < -0.39 is 0 Å². The number of hydrogen-bond donors (Lipinski definition) is 0. The van der Waals surface area contributed by atoms with Gasteiger partial charge in [-0.05, 0) is 84.2 Å². The Kier molecular flexibility index (Phi) is 7.16. The van der Waals surface area contributed by atoms with Gasteiger partial charge in [-0.25, -0.2) is 4.98 Å². The van der Waals surface area contributed by atoms with E-state index in [-0.39, 0.29) is 0 Å². The van der Waals surface area contributed by atoms with Crippen LogP contribution in [0, 0.1) is 0 Å². The maximum atomic E-state index is 6.75. The van der Waals surface area contributed by atoms with Gasteiger partial charge in [0.15, 0.2) is 5.58 Å². The van der Waals surface area contributed by atoms with E-state index in [0.717, 1.165) is 56.1 Å². The molecule has 0 unspecified atom stereocenters. The number of fused-ring (bicyclic) bond motifs is 9. The molecule has 9 aromatic carbocycles. The molecule has 5 heteroatoms. The zero-order chi connectivity index (χ0) is 38.2. The zero-order valence-electron chi connectivity index (χ0n) is 31.3. The van der Waals surface area contributed by atoms with Gasteiger partial charge in [0.25, 0.3) is 0 Å². The van der Waals surface area contributed by atoms with Crippen molar-refractivity contribution in [2.45, 2.75) is 0 Å². The SMILES string of the molecule is c1ccc(-c2nc3cccc(N(c4ccc5c6ccccc6n(-c6ccccc6)c5c4)c4ccc5c6ccc7ccccc7c6n(-c6ccccc6)c5c4)c3o2)cc1. The van der Waals surface area contributed by atoms with Crippen molar-refractivity contribution < 1.29 is 4.42 Å². The second-order valence-corrected chi connectivity index (χ2v) is 14.8. The highest BCUT2D eigenvalue weighted by atomic mass is 16.3. The van der Waals surface area contributed by atoms with E-state index in [1.807, 2.05) is 36.4 Å². The van der Waals surface area contributed by atoms with Crippen molar-refractivity contribution in [2.24, 2.45) is 0 Å². The highest BCUT2D eigenvalue weighted by Gasteiger charge is 2.24. The van der Waals surface area contributed by atoms with E-state index in [1.165, 1.54) is 43.4 Å². The zero-order valence-corrected chi connectivity index (χ0v) is 31.3. The van der Waals surface area contributed by atoms with Crippen LogP contribution in [-0.2, 0) is 0 Å². The standard InChI is InChI=1S/C53H34N4O/c1-4-16-36(17-5-1)53-54-46-24-14-26-48(52(46)58-53)55(39-28-31-43-42-23-12-13-25-47(42)56(49(43)33-39)37-18-6-2-7-19-37)40-29-32-44-45-30-27-35-15-10-11-22-41(35)51(45)57(50(44)34-40)38-20-8-3-9-21-38/h1-34H. The molecule has 0 amide bonds. The molecule has 58 heavy (non-hydrogen) atoms.